The van der Waals surface area contributed by atoms with E-state index in [2.05, 4.69) is 56.1 Å². The molecule has 3 nitrogen and oxygen atoms in total. The summed E-state index contributed by atoms with van der Waals surface area (Å²) in [6.07, 6.45) is 2.60. The zero-order chi connectivity index (χ0) is 15.4. The van der Waals surface area contributed by atoms with Gasteiger partial charge >= 0.3 is 0 Å². The minimum Gasteiger partial charge on any atom is -0.496 e. The van der Waals surface area contributed by atoms with Crippen LogP contribution in [-0.4, -0.2) is 37.2 Å². The molecule has 3 heteroatoms. The van der Waals surface area contributed by atoms with Crippen molar-refractivity contribution in [1.82, 2.24) is 10.2 Å². The van der Waals surface area contributed by atoms with E-state index in [9.17, 15) is 0 Å². The molecule has 1 N–H and O–H groups in total. The Bertz CT molecular complexity index is 453. The Kier molecular flexibility index (Phi) is 5.65. The molecule has 2 unspecified atom stereocenters. The van der Waals surface area contributed by atoms with Crippen molar-refractivity contribution < 1.29 is 4.74 Å². The molecule has 1 aliphatic rings. The van der Waals surface area contributed by atoms with E-state index in [0.717, 1.165) is 12.3 Å². The van der Waals surface area contributed by atoms with Crippen LogP contribution in [0.5, 0.6) is 5.75 Å². The van der Waals surface area contributed by atoms with Crippen LogP contribution in [0.25, 0.3) is 0 Å². The number of ether oxygens (including phenoxy) is 1. The Morgan fingerprint density at radius 2 is 2.10 bits per heavy atom. The molecule has 1 heterocycles. The highest BCUT2D eigenvalue weighted by Crippen LogP contribution is 2.31. The van der Waals surface area contributed by atoms with Crippen LogP contribution in [0.4, 0.5) is 0 Å². The maximum atomic E-state index is 5.58. The molecule has 2 rings (SSSR count). The predicted molar refractivity (Wildman–Crippen MR) is 89.0 cm³/mol. The van der Waals surface area contributed by atoms with E-state index in [-0.39, 0.29) is 0 Å². The van der Waals surface area contributed by atoms with Crippen LogP contribution >= 0.6 is 0 Å². The maximum Gasteiger partial charge on any atom is 0.123 e. The lowest BCUT2D eigenvalue weighted by atomic mass is 10.0. The number of hydrogen-bond donors (Lipinski definition) is 1. The second kappa shape index (κ2) is 7.28. The zero-order valence-corrected chi connectivity index (χ0v) is 14.1. The predicted octanol–water partition coefficient (Wildman–Crippen LogP) is 3.53. The second-order valence-electron chi connectivity index (χ2n) is 6.51. The Hall–Kier alpha value is -1.06. The summed E-state index contributed by atoms with van der Waals surface area (Å²) in [7, 11) is 1.76. The van der Waals surface area contributed by atoms with Crippen molar-refractivity contribution in [3.05, 3.63) is 29.3 Å². The third-order valence-corrected chi connectivity index (χ3v) is 4.59. The number of benzene rings is 1. The standard InChI is InChI=1S/C18H30N2O/c1-13(2)20(12-16-7-6-10-19-16)15(4)17-11-14(3)8-9-18(17)21-5/h8-9,11,13,15-16,19H,6-7,10,12H2,1-5H3. The summed E-state index contributed by atoms with van der Waals surface area (Å²) in [4.78, 5) is 2.58. The number of rotatable bonds is 6. The number of methoxy groups -OCH3 is 1. The van der Waals surface area contributed by atoms with Gasteiger partial charge in [-0.15, -0.1) is 0 Å². The average molecular weight is 290 g/mol. The molecule has 1 fully saturated rings. The summed E-state index contributed by atoms with van der Waals surface area (Å²) < 4.78 is 5.58. The Morgan fingerprint density at radius 3 is 2.67 bits per heavy atom. The van der Waals surface area contributed by atoms with Crippen LogP contribution in [0.2, 0.25) is 0 Å². The number of hydrogen-bond acceptors (Lipinski definition) is 3. The van der Waals surface area contributed by atoms with E-state index >= 15 is 0 Å². The van der Waals surface area contributed by atoms with Gasteiger partial charge in [-0.05, 0) is 53.1 Å². The molecule has 21 heavy (non-hydrogen) atoms. The Balaban J connectivity index is 2.20. The number of nitrogens with one attached hydrogen (secondary N) is 1. The molecule has 0 aromatic heterocycles. The van der Waals surface area contributed by atoms with Crippen LogP contribution in [-0.2, 0) is 0 Å². The lowest BCUT2D eigenvalue weighted by Gasteiger charge is -2.35. The van der Waals surface area contributed by atoms with E-state index in [1.54, 1.807) is 7.11 Å². The fourth-order valence-corrected chi connectivity index (χ4v) is 3.34. The van der Waals surface area contributed by atoms with E-state index in [0.29, 0.717) is 18.1 Å². The van der Waals surface area contributed by atoms with Gasteiger partial charge in [-0.1, -0.05) is 17.7 Å². The summed E-state index contributed by atoms with van der Waals surface area (Å²) >= 11 is 0. The highest BCUT2D eigenvalue weighted by atomic mass is 16.5. The molecular weight excluding hydrogens is 260 g/mol. The topological polar surface area (TPSA) is 24.5 Å². The quantitative estimate of drug-likeness (QED) is 0.867. The molecule has 0 spiro atoms. The molecular formula is C18H30N2O. The smallest absolute Gasteiger partial charge is 0.123 e. The summed E-state index contributed by atoms with van der Waals surface area (Å²) in [6.45, 7) is 11.3. The fraction of sp³-hybridized carbons (Fsp3) is 0.667. The number of aryl methyl sites for hydroxylation is 1. The van der Waals surface area contributed by atoms with Gasteiger partial charge in [0, 0.05) is 30.2 Å². The van der Waals surface area contributed by atoms with Gasteiger partial charge in [-0.25, -0.2) is 0 Å². The zero-order valence-electron chi connectivity index (χ0n) is 14.1. The lowest BCUT2D eigenvalue weighted by Crippen LogP contribution is -2.42. The van der Waals surface area contributed by atoms with Crippen molar-refractivity contribution in [3.63, 3.8) is 0 Å². The highest BCUT2D eigenvalue weighted by molar-refractivity contribution is 5.39. The van der Waals surface area contributed by atoms with Gasteiger partial charge in [-0.2, -0.15) is 0 Å². The van der Waals surface area contributed by atoms with Crippen LogP contribution < -0.4 is 10.1 Å². The van der Waals surface area contributed by atoms with Gasteiger partial charge in [0.2, 0.25) is 0 Å². The van der Waals surface area contributed by atoms with E-state index in [1.807, 2.05) is 0 Å². The van der Waals surface area contributed by atoms with E-state index in [1.165, 1.54) is 30.5 Å². The van der Waals surface area contributed by atoms with E-state index in [4.69, 9.17) is 4.74 Å². The molecule has 1 aliphatic heterocycles. The SMILES string of the molecule is COc1ccc(C)cc1C(C)N(CC1CCCN1)C(C)C. The van der Waals surface area contributed by atoms with Gasteiger partial charge in [0.1, 0.15) is 5.75 Å². The third kappa shape index (κ3) is 3.98. The van der Waals surface area contributed by atoms with Crippen LogP contribution in [0.1, 0.15) is 50.8 Å². The average Bonchev–Trinajstić information content (AvgIpc) is 2.96. The molecule has 118 valence electrons. The molecule has 0 aliphatic carbocycles. The third-order valence-electron chi connectivity index (χ3n) is 4.59. The van der Waals surface area contributed by atoms with Gasteiger partial charge in [0.05, 0.1) is 7.11 Å². The first kappa shape index (κ1) is 16.3. The van der Waals surface area contributed by atoms with Gasteiger partial charge in [-0.3, -0.25) is 4.90 Å². The molecule has 1 aromatic carbocycles. The fourth-order valence-electron chi connectivity index (χ4n) is 3.34. The lowest BCUT2D eigenvalue weighted by molar-refractivity contribution is 0.147. The summed E-state index contributed by atoms with van der Waals surface area (Å²) in [5.74, 6) is 0.998. The molecule has 2 atom stereocenters. The van der Waals surface area contributed by atoms with Crippen molar-refractivity contribution in [2.24, 2.45) is 0 Å². The largest absolute Gasteiger partial charge is 0.496 e. The first-order valence-corrected chi connectivity index (χ1v) is 8.16. The molecule has 0 bridgehead atoms. The van der Waals surface area contributed by atoms with Crippen LogP contribution in [0.15, 0.2) is 18.2 Å². The normalized spacial score (nSPS) is 20.2. The van der Waals surface area contributed by atoms with Crippen LogP contribution in [0, 0.1) is 6.92 Å². The number of nitrogens with zero attached hydrogens (tertiary/aromatic N) is 1. The van der Waals surface area contributed by atoms with Crippen molar-refractivity contribution in [1.29, 1.82) is 0 Å². The maximum absolute atomic E-state index is 5.58. The van der Waals surface area contributed by atoms with Gasteiger partial charge in [0.25, 0.3) is 0 Å². The second-order valence-corrected chi connectivity index (χ2v) is 6.51. The Labute approximate surface area is 129 Å². The summed E-state index contributed by atoms with van der Waals surface area (Å²) in [5.41, 5.74) is 2.59. The minimum atomic E-state index is 0.363. The first-order chi connectivity index (χ1) is 10.0. The van der Waals surface area contributed by atoms with Crippen molar-refractivity contribution in [2.45, 2.75) is 58.7 Å². The minimum absolute atomic E-state index is 0.363. The molecule has 1 aromatic rings. The molecule has 0 radical (unpaired) electrons. The monoisotopic (exact) mass is 290 g/mol. The first-order valence-electron chi connectivity index (χ1n) is 8.16. The molecule has 0 saturated carbocycles. The highest BCUT2D eigenvalue weighted by Gasteiger charge is 2.26. The summed E-state index contributed by atoms with van der Waals surface area (Å²) in [6, 6.07) is 7.99. The molecule has 1 saturated heterocycles. The van der Waals surface area contributed by atoms with Crippen molar-refractivity contribution in [3.8, 4) is 5.75 Å². The van der Waals surface area contributed by atoms with Crippen molar-refractivity contribution >= 4 is 0 Å². The van der Waals surface area contributed by atoms with Crippen LogP contribution in [0.3, 0.4) is 0 Å². The van der Waals surface area contributed by atoms with E-state index < -0.39 is 0 Å². The van der Waals surface area contributed by atoms with Gasteiger partial charge < -0.3 is 10.1 Å². The Morgan fingerprint density at radius 1 is 1.33 bits per heavy atom. The van der Waals surface area contributed by atoms with Gasteiger partial charge in [0.15, 0.2) is 0 Å². The molecule has 0 amide bonds. The van der Waals surface area contributed by atoms with Crippen molar-refractivity contribution in [2.75, 3.05) is 20.2 Å². The summed E-state index contributed by atoms with van der Waals surface area (Å²) in [5, 5.41) is 3.62.